The van der Waals surface area contributed by atoms with Crippen molar-refractivity contribution in [2.24, 2.45) is 5.73 Å². The minimum atomic E-state index is 0.0247. The monoisotopic (exact) mass is 233 g/mol. The number of rotatable bonds is 3. The summed E-state index contributed by atoms with van der Waals surface area (Å²) < 4.78 is 0. The Morgan fingerprint density at radius 2 is 2.06 bits per heavy atom. The highest BCUT2D eigenvalue weighted by molar-refractivity contribution is 6.31. The summed E-state index contributed by atoms with van der Waals surface area (Å²) >= 11 is 6.15. The van der Waals surface area contributed by atoms with Gasteiger partial charge in [0.15, 0.2) is 0 Å². The smallest absolute Gasteiger partial charge is 0.115 e. The van der Waals surface area contributed by atoms with Gasteiger partial charge in [-0.3, -0.25) is 0 Å². The van der Waals surface area contributed by atoms with Crippen LogP contribution in [0.4, 0.5) is 0 Å². The highest BCUT2D eigenvalue weighted by atomic mass is 35.5. The molecule has 0 spiro atoms. The Bertz CT molecular complexity index is 459. The van der Waals surface area contributed by atoms with Crippen LogP contribution in [-0.4, -0.2) is 16.5 Å². The van der Waals surface area contributed by atoms with Crippen LogP contribution in [-0.2, 0) is 0 Å². The molecular formula is C12H12ClN3. The van der Waals surface area contributed by atoms with Gasteiger partial charge >= 0.3 is 0 Å². The first-order valence-electron chi connectivity index (χ1n) is 5.03. The van der Waals surface area contributed by atoms with Crippen molar-refractivity contribution in [1.29, 1.82) is 0 Å². The van der Waals surface area contributed by atoms with Crippen molar-refractivity contribution in [2.45, 2.75) is 5.92 Å². The summed E-state index contributed by atoms with van der Waals surface area (Å²) in [6, 6.07) is 9.55. The second-order valence-corrected chi connectivity index (χ2v) is 3.85. The van der Waals surface area contributed by atoms with Crippen LogP contribution in [0, 0.1) is 0 Å². The lowest BCUT2D eigenvalue weighted by Crippen LogP contribution is -2.15. The van der Waals surface area contributed by atoms with Gasteiger partial charge in [0.25, 0.3) is 0 Å². The fraction of sp³-hybridized carbons (Fsp3) is 0.167. The van der Waals surface area contributed by atoms with Gasteiger partial charge in [-0.15, -0.1) is 0 Å². The van der Waals surface area contributed by atoms with Crippen LogP contribution in [0.1, 0.15) is 17.2 Å². The predicted molar refractivity (Wildman–Crippen MR) is 64.4 cm³/mol. The molecule has 1 aromatic heterocycles. The molecule has 1 aromatic carbocycles. The number of nitrogens with zero attached hydrogens (tertiary/aromatic N) is 2. The molecule has 0 radical (unpaired) electrons. The summed E-state index contributed by atoms with van der Waals surface area (Å²) in [5.41, 5.74) is 7.69. The molecule has 2 N–H and O–H groups in total. The number of halogens is 1. The zero-order valence-electron chi connectivity index (χ0n) is 8.68. The van der Waals surface area contributed by atoms with Crippen LogP contribution in [0.25, 0.3) is 0 Å². The summed E-state index contributed by atoms with van der Waals surface area (Å²) in [6.45, 7) is 0.473. The fourth-order valence-electron chi connectivity index (χ4n) is 1.67. The molecule has 0 saturated carbocycles. The van der Waals surface area contributed by atoms with E-state index in [1.807, 2.05) is 30.3 Å². The molecule has 0 aliphatic rings. The summed E-state index contributed by atoms with van der Waals surface area (Å²) in [5.74, 6) is 0.0247. The first-order chi connectivity index (χ1) is 7.83. The zero-order valence-corrected chi connectivity index (χ0v) is 9.43. The number of aromatic nitrogens is 2. The van der Waals surface area contributed by atoms with Gasteiger partial charge in [0, 0.05) is 23.7 Å². The normalized spacial score (nSPS) is 12.4. The van der Waals surface area contributed by atoms with Gasteiger partial charge in [-0.1, -0.05) is 29.8 Å². The van der Waals surface area contributed by atoms with Gasteiger partial charge in [-0.25, -0.2) is 9.97 Å². The van der Waals surface area contributed by atoms with Crippen molar-refractivity contribution in [1.82, 2.24) is 9.97 Å². The van der Waals surface area contributed by atoms with Crippen LogP contribution in [0.2, 0.25) is 5.02 Å². The lowest BCUT2D eigenvalue weighted by Gasteiger charge is -2.15. The Kier molecular flexibility index (Phi) is 3.49. The Morgan fingerprint density at radius 3 is 2.69 bits per heavy atom. The van der Waals surface area contributed by atoms with Crippen molar-refractivity contribution in [2.75, 3.05) is 6.54 Å². The third-order valence-electron chi connectivity index (χ3n) is 2.48. The summed E-state index contributed by atoms with van der Waals surface area (Å²) in [4.78, 5) is 8.11. The van der Waals surface area contributed by atoms with E-state index in [-0.39, 0.29) is 5.92 Å². The van der Waals surface area contributed by atoms with Gasteiger partial charge < -0.3 is 5.73 Å². The average molecular weight is 234 g/mol. The second-order valence-electron chi connectivity index (χ2n) is 3.44. The molecule has 0 aliphatic heterocycles. The maximum Gasteiger partial charge on any atom is 0.115 e. The van der Waals surface area contributed by atoms with Gasteiger partial charge in [-0.05, 0) is 17.7 Å². The molecule has 1 unspecified atom stereocenters. The van der Waals surface area contributed by atoms with E-state index >= 15 is 0 Å². The van der Waals surface area contributed by atoms with Crippen molar-refractivity contribution < 1.29 is 0 Å². The predicted octanol–water partition coefficient (Wildman–Crippen LogP) is 2.22. The van der Waals surface area contributed by atoms with E-state index in [1.54, 1.807) is 6.20 Å². The first kappa shape index (κ1) is 11.0. The zero-order chi connectivity index (χ0) is 11.4. The molecule has 4 heteroatoms. The van der Waals surface area contributed by atoms with Crippen molar-refractivity contribution in [3.63, 3.8) is 0 Å². The molecule has 0 fully saturated rings. The van der Waals surface area contributed by atoms with Crippen LogP contribution in [0.5, 0.6) is 0 Å². The highest BCUT2D eigenvalue weighted by Crippen LogP contribution is 2.27. The highest BCUT2D eigenvalue weighted by Gasteiger charge is 2.15. The minimum absolute atomic E-state index is 0.0247. The molecule has 2 aromatic rings. The third-order valence-corrected chi connectivity index (χ3v) is 2.82. The minimum Gasteiger partial charge on any atom is -0.329 e. The summed E-state index contributed by atoms with van der Waals surface area (Å²) in [6.07, 6.45) is 3.23. The standard InChI is InChI=1S/C12H12ClN3/c13-11-4-2-1-3-9(11)10(7-14)12-5-6-15-8-16-12/h1-6,8,10H,7,14H2. The Balaban J connectivity index is 2.41. The van der Waals surface area contributed by atoms with E-state index in [4.69, 9.17) is 17.3 Å². The van der Waals surface area contributed by atoms with Crippen LogP contribution in [0.15, 0.2) is 42.9 Å². The number of nitrogens with two attached hydrogens (primary N) is 1. The van der Waals surface area contributed by atoms with Gasteiger partial charge in [0.2, 0.25) is 0 Å². The quantitative estimate of drug-likeness (QED) is 0.885. The number of hydrogen-bond donors (Lipinski definition) is 1. The molecule has 3 nitrogen and oxygen atoms in total. The number of benzene rings is 1. The van der Waals surface area contributed by atoms with Crippen molar-refractivity contribution >= 4 is 11.6 Å². The van der Waals surface area contributed by atoms with E-state index in [0.717, 1.165) is 16.3 Å². The lowest BCUT2D eigenvalue weighted by molar-refractivity contribution is 0.781. The molecule has 0 saturated heterocycles. The maximum atomic E-state index is 6.15. The first-order valence-corrected chi connectivity index (χ1v) is 5.41. The fourth-order valence-corrected chi connectivity index (χ4v) is 1.94. The van der Waals surface area contributed by atoms with Crippen LogP contribution >= 0.6 is 11.6 Å². The molecule has 2 rings (SSSR count). The largest absolute Gasteiger partial charge is 0.329 e. The Morgan fingerprint density at radius 1 is 1.25 bits per heavy atom. The molecule has 1 heterocycles. The summed E-state index contributed by atoms with van der Waals surface area (Å²) in [5, 5.41) is 0.719. The van der Waals surface area contributed by atoms with Gasteiger partial charge in [-0.2, -0.15) is 0 Å². The Hall–Kier alpha value is -1.45. The summed E-state index contributed by atoms with van der Waals surface area (Å²) in [7, 11) is 0. The molecule has 82 valence electrons. The van der Waals surface area contributed by atoms with E-state index in [1.165, 1.54) is 6.33 Å². The van der Waals surface area contributed by atoms with Crippen LogP contribution < -0.4 is 5.73 Å². The SMILES string of the molecule is NCC(c1ccncn1)c1ccccc1Cl. The second kappa shape index (κ2) is 5.05. The molecule has 0 aliphatic carbocycles. The average Bonchev–Trinajstić information content (AvgIpc) is 2.34. The van der Waals surface area contributed by atoms with Crippen molar-refractivity contribution in [3.8, 4) is 0 Å². The Labute approximate surface area is 99.3 Å². The molecular weight excluding hydrogens is 222 g/mol. The van der Waals surface area contributed by atoms with E-state index in [9.17, 15) is 0 Å². The van der Waals surface area contributed by atoms with Gasteiger partial charge in [0.1, 0.15) is 6.33 Å². The van der Waals surface area contributed by atoms with E-state index in [0.29, 0.717) is 6.54 Å². The van der Waals surface area contributed by atoms with E-state index < -0.39 is 0 Å². The molecule has 0 bridgehead atoms. The van der Waals surface area contributed by atoms with Gasteiger partial charge in [0.05, 0.1) is 5.69 Å². The third kappa shape index (κ3) is 2.21. The topological polar surface area (TPSA) is 51.8 Å². The molecule has 16 heavy (non-hydrogen) atoms. The van der Waals surface area contributed by atoms with Crippen molar-refractivity contribution in [3.05, 3.63) is 59.1 Å². The van der Waals surface area contributed by atoms with Crippen LogP contribution in [0.3, 0.4) is 0 Å². The lowest BCUT2D eigenvalue weighted by atomic mass is 9.95. The molecule has 0 amide bonds. The van der Waals surface area contributed by atoms with E-state index in [2.05, 4.69) is 9.97 Å². The maximum absolute atomic E-state index is 6.15. The number of hydrogen-bond acceptors (Lipinski definition) is 3. The molecule has 1 atom stereocenters.